The van der Waals surface area contributed by atoms with Crippen LogP contribution in [0.3, 0.4) is 0 Å². The summed E-state index contributed by atoms with van der Waals surface area (Å²) in [6, 6.07) is 0. The fourth-order valence-electron chi connectivity index (χ4n) is 0.135. The van der Waals surface area contributed by atoms with Crippen LogP contribution >= 0.6 is 0 Å². The summed E-state index contributed by atoms with van der Waals surface area (Å²) >= 11 is 0. The van der Waals surface area contributed by atoms with E-state index in [1.54, 1.807) is 6.92 Å². The molecule has 0 aromatic carbocycles. The number of allylic oxidation sites excluding steroid dienone is 1. The van der Waals surface area contributed by atoms with Crippen LogP contribution < -0.4 is 0 Å². The van der Waals surface area contributed by atoms with Crippen molar-refractivity contribution < 1.29 is 9.59 Å². The van der Waals surface area contributed by atoms with E-state index in [1.165, 1.54) is 0 Å². The molecular formula is C4H8O2Si. The van der Waals surface area contributed by atoms with Gasteiger partial charge in [0.15, 0.2) is 5.41 Å². The van der Waals surface area contributed by atoms with Gasteiger partial charge in [-0.25, -0.2) is 0 Å². The van der Waals surface area contributed by atoms with E-state index < -0.39 is 9.76 Å². The highest BCUT2D eigenvalue weighted by Gasteiger charge is 1.96. The molecule has 0 aliphatic rings. The van der Waals surface area contributed by atoms with Crippen LogP contribution in [-0.2, 0) is 4.79 Å². The van der Waals surface area contributed by atoms with Crippen LogP contribution in [0, 0.1) is 0 Å². The summed E-state index contributed by atoms with van der Waals surface area (Å²) < 4.78 is 0. The third-order valence-corrected chi connectivity index (χ3v) is 1.51. The Hall–Kier alpha value is -0.413. The third-order valence-electron chi connectivity index (χ3n) is 0.620. The average Bonchev–Trinajstić information content (AvgIpc) is 1.65. The zero-order valence-corrected chi connectivity index (χ0v) is 5.68. The van der Waals surface area contributed by atoms with Crippen LogP contribution in [0.15, 0.2) is 12.2 Å². The van der Waals surface area contributed by atoms with Gasteiger partial charge in [0.05, 0.1) is 0 Å². The van der Waals surface area contributed by atoms with Crippen molar-refractivity contribution in [3.8, 4) is 0 Å². The zero-order chi connectivity index (χ0) is 5.86. The molecule has 0 aromatic heterocycles. The summed E-state index contributed by atoms with van der Waals surface area (Å²) in [6.45, 7) is 4.95. The van der Waals surface area contributed by atoms with Gasteiger partial charge >= 0.3 is 0 Å². The summed E-state index contributed by atoms with van der Waals surface area (Å²) in [6.07, 6.45) is 0. The Balaban J connectivity index is 3.58. The Morgan fingerprint density at radius 1 is 1.86 bits per heavy atom. The molecule has 0 atom stereocenters. The van der Waals surface area contributed by atoms with Crippen molar-refractivity contribution in [3.63, 3.8) is 0 Å². The molecule has 2 nitrogen and oxygen atoms in total. The Morgan fingerprint density at radius 3 is 2.29 bits per heavy atom. The van der Waals surface area contributed by atoms with Gasteiger partial charge in [0.2, 0.25) is 9.76 Å². The van der Waals surface area contributed by atoms with Crippen LogP contribution in [0.4, 0.5) is 0 Å². The molecule has 0 bridgehead atoms. The summed E-state index contributed by atoms with van der Waals surface area (Å²) in [5, 5.41) is -0.153. The van der Waals surface area contributed by atoms with Crippen LogP contribution in [0.25, 0.3) is 0 Å². The van der Waals surface area contributed by atoms with Crippen LogP contribution in [0.1, 0.15) is 6.92 Å². The third kappa shape index (κ3) is 2.30. The molecule has 3 heteroatoms. The number of carbonyl (C=O) groups is 1. The molecule has 1 N–H and O–H groups in total. The molecule has 0 spiro atoms. The largest absolute Gasteiger partial charge is 0.429 e. The van der Waals surface area contributed by atoms with E-state index in [0.717, 1.165) is 0 Å². The quantitative estimate of drug-likeness (QED) is 0.377. The molecule has 40 valence electrons. The number of carbonyl (C=O) groups excluding carboxylic acids is 1. The maximum Gasteiger partial charge on any atom is 0.235 e. The maximum atomic E-state index is 10.2. The van der Waals surface area contributed by atoms with Crippen molar-refractivity contribution in [2.75, 3.05) is 0 Å². The van der Waals surface area contributed by atoms with Gasteiger partial charge in [-0.15, -0.1) is 0 Å². The highest BCUT2D eigenvalue weighted by molar-refractivity contribution is 6.71. The second-order valence-corrected chi connectivity index (χ2v) is 2.32. The molecule has 0 amide bonds. The fourth-order valence-corrected chi connectivity index (χ4v) is 0.405. The summed E-state index contributed by atoms with van der Waals surface area (Å²) in [5.41, 5.74) is 0.467. The van der Waals surface area contributed by atoms with Crippen molar-refractivity contribution in [1.82, 2.24) is 0 Å². The SMILES string of the molecule is C=C(C)C(=O)[SiH2]O. The highest BCUT2D eigenvalue weighted by atomic mass is 28.2. The van der Waals surface area contributed by atoms with Crippen LogP contribution in [0.5, 0.6) is 0 Å². The zero-order valence-electron chi connectivity index (χ0n) is 4.27. The first-order valence-corrected chi connectivity index (χ1v) is 3.32. The van der Waals surface area contributed by atoms with Crippen LogP contribution in [-0.4, -0.2) is 20.0 Å². The molecule has 0 fully saturated rings. The molecule has 0 heterocycles. The normalized spacial score (nSPS) is 10.0. The smallest absolute Gasteiger partial charge is 0.235 e. The van der Waals surface area contributed by atoms with Gasteiger partial charge < -0.3 is 4.80 Å². The first-order chi connectivity index (χ1) is 3.18. The molecule has 0 unspecified atom stereocenters. The van der Waals surface area contributed by atoms with Crippen molar-refractivity contribution in [3.05, 3.63) is 12.2 Å². The van der Waals surface area contributed by atoms with E-state index in [-0.39, 0.29) is 5.41 Å². The van der Waals surface area contributed by atoms with E-state index in [0.29, 0.717) is 5.57 Å². The molecule has 0 saturated heterocycles. The van der Waals surface area contributed by atoms with Gasteiger partial charge in [0, 0.05) is 0 Å². The van der Waals surface area contributed by atoms with Gasteiger partial charge in [0.1, 0.15) is 0 Å². The van der Waals surface area contributed by atoms with Gasteiger partial charge in [-0.2, -0.15) is 0 Å². The molecule has 0 aromatic rings. The Kier molecular flexibility index (Phi) is 2.55. The minimum absolute atomic E-state index is 0.153. The molecule has 0 rings (SSSR count). The van der Waals surface area contributed by atoms with Crippen molar-refractivity contribution in [1.29, 1.82) is 0 Å². The first-order valence-electron chi connectivity index (χ1n) is 1.98. The van der Waals surface area contributed by atoms with Crippen molar-refractivity contribution in [2.45, 2.75) is 6.92 Å². The predicted molar refractivity (Wildman–Crippen MR) is 30.6 cm³/mol. The minimum Gasteiger partial charge on any atom is -0.429 e. The maximum absolute atomic E-state index is 10.2. The second kappa shape index (κ2) is 2.71. The van der Waals surface area contributed by atoms with E-state index in [4.69, 9.17) is 4.80 Å². The van der Waals surface area contributed by atoms with E-state index in [9.17, 15) is 4.79 Å². The summed E-state index contributed by atoms with van der Waals surface area (Å²) in [5.74, 6) is 0. The molecule has 0 saturated carbocycles. The monoisotopic (exact) mass is 116 g/mol. The Morgan fingerprint density at radius 2 is 2.29 bits per heavy atom. The standard InChI is InChI=1S/C4H8O2Si/c1-3(2)4(5)7-6/h6H,1,7H2,2H3. The van der Waals surface area contributed by atoms with Gasteiger partial charge in [-0.1, -0.05) is 6.58 Å². The van der Waals surface area contributed by atoms with E-state index >= 15 is 0 Å². The lowest BCUT2D eigenvalue weighted by molar-refractivity contribution is -0.109. The Bertz CT molecular complexity index is 97.9. The van der Waals surface area contributed by atoms with E-state index in [2.05, 4.69) is 6.58 Å². The predicted octanol–water partition coefficient (Wildman–Crippen LogP) is -0.835. The lowest BCUT2D eigenvalue weighted by atomic mass is 10.4. The molecule has 0 aliphatic carbocycles. The van der Waals surface area contributed by atoms with Gasteiger partial charge in [-0.3, -0.25) is 4.79 Å². The van der Waals surface area contributed by atoms with Crippen LogP contribution in [0.2, 0.25) is 0 Å². The number of hydrogen-bond donors (Lipinski definition) is 1. The number of hydrogen-bond acceptors (Lipinski definition) is 2. The fraction of sp³-hybridized carbons (Fsp3) is 0.250. The lowest BCUT2D eigenvalue weighted by Crippen LogP contribution is -2.07. The lowest BCUT2D eigenvalue weighted by Gasteiger charge is -1.86. The first kappa shape index (κ1) is 6.59. The second-order valence-electron chi connectivity index (χ2n) is 1.36. The topological polar surface area (TPSA) is 37.3 Å². The average molecular weight is 116 g/mol. The van der Waals surface area contributed by atoms with Crippen molar-refractivity contribution >= 4 is 15.2 Å². The molecular weight excluding hydrogens is 108 g/mol. The molecule has 0 radical (unpaired) electrons. The van der Waals surface area contributed by atoms with Gasteiger partial charge in [0.25, 0.3) is 0 Å². The van der Waals surface area contributed by atoms with Crippen molar-refractivity contribution in [2.24, 2.45) is 0 Å². The minimum atomic E-state index is -1.45. The molecule has 0 aliphatic heterocycles. The van der Waals surface area contributed by atoms with Gasteiger partial charge in [-0.05, 0) is 12.5 Å². The Labute approximate surface area is 44.8 Å². The molecule has 7 heavy (non-hydrogen) atoms. The summed E-state index contributed by atoms with van der Waals surface area (Å²) in [7, 11) is -1.45. The summed E-state index contributed by atoms with van der Waals surface area (Å²) in [4.78, 5) is 18.5. The highest BCUT2D eigenvalue weighted by Crippen LogP contribution is 1.83. The number of rotatable bonds is 2. The van der Waals surface area contributed by atoms with E-state index in [1.807, 2.05) is 0 Å².